The molecule has 1 aromatic carbocycles. The number of benzene rings is 1. The highest BCUT2D eigenvalue weighted by Crippen LogP contribution is 2.38. The molecule has 0 spiro atoms. The van der Waals surface area contributed by atoms with Gasteiger partial charge in [0.2, 0.25) is 5.91 Å². The molecule has 1 amide bonds. The smallest absolute Gasteiger partial charge is 0.249 e. The SMILES string of the molecule is CC1CCCCC1Sc1ccccc1C(N)=O.NC1CCCCC1. The van der Waals surface area contributed by atoms with Crippen LogP contribution in [0.2, 0.25) is 0 Å². The van der Waals surface area contributed by atoms with E-state index in [9.17, 15) is 4.79 Å². The lowest BCUT2D eigenvalue weighted by atomic mass is 9.90. The Kier molecular flexibility index (Phi) is 8.13. The molecule has 2 saturated carbocycles. The minimum atomic E-state index is -0.323. The first-order valence-corrected chi connectivity index (χ1v) is 10.3. The first kappa shape index (κ1) is 19.3. The van der Waals surface area contributed by atoms with E-state index in [1.165, 1.54) is 57.8 Å². The largest absolute Gasteiger partial charge is 0.366 e. The molecule has 134 valence electrons. The minimum Gasteiger partial charge on any atom is -0.366 e. The Balaban J connectivity index is 0.000000249. The van der Waals surface area contributed by atoms with E-state index < -0.39 is 0 Å². The number of carbonyl (C=O) groups excluding carboxylic acids is 1. The van der Waals surface area contributed by atoms with E-state index >= 15 is 0 Å². The van der Waals surface area contributed by atoms with Gasteiger partial charge in [-0.25, -0.2) is 0 Å². The highest BCUT2D eigenvalue weighted by molar-refractivity contribution is 8.00. The molecular weight excluding hydrogens is 316 g/mol. The fourth-order valence-electron chi connectivity index (χ4n) is 3.53. The predicted octanol–water partition coefficient (Wildman–Crippen LogP) is 4.73. The summed E-state index contributed by atoms with van der Waals surface area (Å²) in [4.78, 5) is 12.4. The van der Waals surface area contributed by atoms with Crippen molar-refractivity contribution in [2.45, 2.75) is 80.9 Å². The number of hydrogen-bond donors (Lipinski definition) is 2. The molecule has 2 fully saturated rings. The molecule has 4 N–H and O–H groups in total. The zero-order chi connectivity index (χ0) is 17.4. The van der Waals surface area contributed by atoms with Gasteiger partial charge in [-0.3, -0.25) is 4.79 Å². The third-order valence-electron chi connectivity index (χ3n) is 5.11. The third kappa shape index (κ3) is 6.14. The van der Waals surface area contributed by atoms with E-state index in [0.29, 0.717) is 16.9 Å². The quantitative estimate of drug-likeness (QED) is 0.829. The number of thioether (sulfide) groups is 1. The van der Waals surface area contributed by atoms with Gasteiger partial charge in [0.1, 0.15) is 0 Å². The van der Waals surface area contributed by atoms with E-state index in [4.69, 9.17) is 11.5 Å². The van der Waals surface area contributed by atoms with Crippen molar-refractivity contribution in [1.29, 1.82) is 0 Å². The van der Waals surface area contributed by atoms with E-state index in [2.05, 4.69) is 6.92 Å². The Morgan fingerprint density at radius 1 is 1.00 bits per heavy atom. The standard InChI is InChI=1S/C14H19NOS.C6H13N/c1-10-6-2-4-8-12(10)17-13-9-5-3-7-11(13)14(15)16;7-6-4-2-1-3-5-6/h3,5,7,9-10,12H,2,4,6,8H2,1H3,(H2,15,16);6H,1-5,7H2. The van der Waals surface area contributed by atoms with Crippen LogP contribution in [0.4, 0.5) is 0 Å². The number of nitrogens with two attached hydrogens (primary N) is 2. The molecule has 0 radical (unpaired) electrons. The van der Waals surface area contributed by atoms with E-state index in [-0.39, 0.29) is 5.91 Å². The topological polar surface area (TPSA) is 69.1 Å². The molecule has 1 aromatic rings. The van der Waals surface area contributed by atoms with Gasteiger partial charge in [-0.15, -0.1) is 11.8 Å². The van der Waals surface area contributed by atoms with Crippen molar-refractivity contribution >= 4 is 17.7 Å². The molecule has 0 aliphatic heterocycles. The summed E-state index contributed by atoms with van der Waals surface area (Å²) in [6.07, 6.45) is 11.9. The van der Waals surface area contributed by atoms with Crippen LogP contribution >= 0.6 is 11.8 Å². The maximum Gasteiger partial charge on any atom is 0.249 e. The van der Waals surface area contributed by atoms with Crippen molar-refractivity contribution in [3.63, 3.8) is 0 Å². The Labute approximate surface area is 150 Å². The van der Waals surface area contributed by atoms with Crippen LogP contribution < -0.4 is 11.5 Å². The van der Waals surface area contributed by atoms with Crippen molar-refractivity contribution in [3.8, 4) is 0 Å². The maximum atomic E-state index is 11.4. The van der Waals surface area contributed by atoms with Crippen molar-refractivity contribution in [1.82, 2.24) is 0 Å². The molecule has 0 saturated heterocycles. The second kappa shape index (κ2) is 10.1. The lowest BCUT2D eigenvalue weighted by molar-refractivity contribution is 0.0997. The molecule has 3 nitrogen and oxygen atoms in total. The van der Waals surface area contributed by atoms with Crippen LogP contribution in [0.1, 0.15) is 75.1 Å². The summed E-state index contributed by atoms with van der Waals surface area (Å²) in [6.45, 7) is 2.31. The van der Waals surface area contributed by atoms with E-state index in [1.807, 2.05) is 36.0 Å². The van der Waals surface area contributed by atoms with Crippen molar-refractivity contribution < 1.29 is 4.79 Å². The normalized spacial score (nSPS) is 24.8. The Morgan fingerprint density at radius 3 is 2.21 bits per heavy atom. The molecular formula is C20H32N2OS. The molecule has 2 aliphatic rings. The average molecular weight is 349 g/mol. The van der Waals surface area contributed by atoms with Gasteiger partial charge in [-0.2, -0.15) is 0 Å². The summed E-state index contributed by atoms with van der Waals surface area (Å²) in [5.41, 5.74) is 11.7. The molecule has 0 heterocycles. The molecule has 24 heavy (non-hydrogen) atoms. The van der Waals surface area contributed by atoms with Gasteiger partial charge < -0.3 is 11.5 Å². The molecule has 0 bridgehead atoms. The lowest BCUT2D eigenvalue weighted by Crippen LogP contribution is -2.22. The summed E-state index contributed by atoms with van der Waals surface area (Å²) >= 11 is 1.83. The molecule has 2 atom stereocenters. The van der Waals surface area contributed by atoms with Crippen LogP contribution in [0.15, 0.2) is 29.2 Å². The first-order chi connectivity index (χ1) is 11.6. The summed E-state index contributed by atoms with van der Waals surface area (Å²) in [5, 5.41) is 0.629. The Bertz CT molecular complexity index is 514. The van der Waals surface area contributed by atoms with Crippen LogP contribution in [-0.4, -0.2) is 17.2 Å². The van der Waals surface area contributed by atoms with Gasteiger partial charge in [0.05, 0.1) is 5.56 Å². The average Bonchev–Trinajstić information content (AvgIpc) is 2.58. The van der Waals surface area contributed by atoms with Crippen LogP contribution in [0.5, 0.6) is 0 Å². The zero-order valence-electron chi connectivity index (χ0n) is 14.9. The molecule has 2 unspecified atom stereocenters. The number of hydrogen-bond acceptors (Lipinski definition) is 3. The summed E-state index contributed by atoms with van der Waals surface area (Å²) in [7, 11) is 0. The molecule has 4 heteroatoms. The Morgan fingerprint density at radius 2 is 1.62 bits per heavy atom. The van der Waals surface area contributed by atoms with Gasteiger partial charge in [0.15, 0.2) is 0 Å². The second-order valence-corrected chi connectivity index (χ2v) is 8.46. The van der Waals surface area contributed by atoms with Crippen LogP contribution in [-0.2, 0) is 0 Å². The van der Waals surface area contributed by atoms with Crippen LogP contribution in [0.3, 0.4) is 0 Å². The molecule has 0 aromatic heterocycles. The van der Waals surface area contributed by atoms with Crippen LogP contribution in [0, 0.1) is 5.92 Å². The molecule has 3 rings (SSSR count). The Hall–Kier alpha value is -1.00. The predicted molar refractivity (Wildman–Crippen MR) is 103 cm³/mol. The van der Waals surface area contributed by atoms with E-state index in [1.54, 1.807) is 0 Å². The van der Waals surface area contributed by atoms with Gasteiger partial charge in [-0.05, 0) is 43.7 Å². The monoisotopic (exact) mass is 348 g/mol. The van der Waals surface area contributed by atoms with E-state index in [0.717, 1.165) is 10.8 Å². The third-order valence-corrected chi connectivity index (χ3v) is 6.73. The fourth-order valence-corrected chi connectivity index (χ4v) is 4.96. The van der Waals surface area contributed by atoms with Gasteiger partial charge in [-0.1, -0.05) is 51.2 Å². The number of rotatable bonds is 3. The summed E-state index contributed by atoms with van der Waals surface area (Å²) in [6, 6.07) is 8.20. The minimum absolute atomic E-state index is 0.323. The number of amides is 1. The zero-order valence-corrected chi connectivity index (χ0v) is 15.7. The maximum absolute atomic E-state index is 11.4. The highest BCUT2D eigenvalue weighted by atomic mass is 32.2. The first-order valence-electron chi connectivity index (χ1n) is 9.39. The fraction of sp³-hybridized carbons (Fsp3) is 0.650. The van der Waals surface area contributed by atoms with Gasteiger partial charge in [0, 0.05) is 16.2 Å². The second-order valence-electron chi connectivity index (χ2n) is 7.18. The molecule has 2 aliphatic carbocycles. The lowest BCUT2D eigenvalue weighted by Gasteiger charge is -2.28. The van der Waals surface area contributed by atoms with Gasteiger partial charge in [0.25, 0.3) is 0 Å². The summed E-state index contributed by atoms with van der Waals surface area (Å²) < 4.78 is 0. The highest BCUT2D eigenvalue weighted by Gasteiger charge is 2.23. The number of carbonyl (C=O) groups is 1. The number of primary amides is 1. The van der Waals surface area contributed by atoms with Gasteiger partial charge >= 0.3 is 0 Å². The van der Waals surface area contributed by atoms with Crippen molar-refractivity contribution in [2.24, 2.45) is 17.4 Å². The van der Waals surface area contributed by atoms with Crippen LogP contribution in [0.25, 0.3) is 0 Å². The van der Waals surface area contributed by atoms with Crippen molar-refractivity contribution in [3.05, 3.63) is 29.8 Å². The van der Waals surface area contributed by atoms with Crippen molar-refractivity contribution in [2.75, 3.05) is 0 Å². The summed E-state index contributed by atoms with van der Waals surface area (Å²) in [5.74, 6) is 0.409.